The molecule has 0 spiro atoms. The first-order valence-electron chi connectivity index (χ1n) is 8.69. The second-order valence-corrected chi connectivity index (χ2v) is 6.81. The largest absolute Gasteiger partial charge is 0.327 e. The van der Waals surface area contributed by atoms with E-state index in [-0.39, 0.29) is 18.0 Å². The molecule has 2 N–H and O–H groups in total. The maximum Gasteiger partial charge on any atom is 0.161 e. The summed E-state index contributed by atoms with van der Waals surface area (Å²) in [5.41, 5.74) is 7.57. The summed E-state index contributed by atoms with van der Waals surface area (Å²) in [6, 6.07) is 11.7. The zero-order valence-electron chi connectivity index (χ0n) is 14.1. The molecule has 3 rings (SSSR count). The first-order valence-corrected chi connectivity index (χ1v) is 8.69. The van der Waals surface area contributed by atoms with Crippen molar-refractivity contribution in [3.05, 3.63) is 71.0 Å². The number of likely N-dealkylation sites (tertiary alicyclic amines) is 1. The molecular formula is C20H23F3N2. The van der Waals surface area contributed by atoms with Gasteiger partial charge in [0.05, 0.1) is 0 Å². The molecule has 1 saturated heterocycles. The zero-order chi connectivity index (χ0) is 17.8. The van der Waals surface area contributed by atoms with Crippen LogP contribution in [0.15, 0.2) is 42.5 Å². The highest BCUT2D eigenvalue weighted by Gasteiger charge is 2.24. The summed E-state index contributed by atoms with van der Waals surface area (Å²) < 4.78 is 39.9. The number of halogens is 3. The molecule has 25 heavy (non-hydrogen) atoms. The molecule has 0 radical (unpaired) electrons. The van der Waals surface area contributed by atoms with E-state index in [1.165, 1.54) is 5.56 Å². The minimum atomic E-state index is -1.17. The van der Waals surface area contributed by atoms with Gasteiger partial charge in [-0.3, -0.25) is 0 Å². The quantitative estimate of drug-likeness (QED) is 0.804. The maximum absolute atomic E-state index is 13.7. The van der Waals surface area contributed by atoms with E-state index in [4.69, 9.17) is 5.73 Å². The van der Waals surface area contributed by atoms with Gasteiger partial charge in [-0.25, -0.2) is 13.2 Å². The molecule has 2 aromatic carbocycles. The van der Waals surface area contributed by atoms with E-state index < -0.39 is 17.5 Å². The molecule has 1 aliphatic heterocycles. The number of benzene rings is 2. The van der Waals surface area contributed by atoms with Gasteiger partial charge in [-0.15, -0.1) is 0 Å². The third-order valence-corrected chi connectivity index (χ3v) is 4.93. The third kappa shape index (κ3) is 4.61. The lowest BCUT2D eigenvalue weighted by Gasteiger charge is -2.19. The monoisotopic (exact) mass is 348 g/mol. The summed E-state index contributed by atoms with van der Waals surface area (Å²) in [5, 5.41) is 0. The average Bonchev–Trinajstić information content (AvgIpc) is 3.08. The first kappa shape index (κ1) is 18.0. The van der Waals surface area contributed by atoms with Crippen LogP contribution >= 0.6 is 0 Å². The number of rotatable bonds is 6. The highest BCUT2D eigenvalue weighted by atomic mass is 19.2. The van der Waals surface area contributed by atoms with Crippen LogP contribution in [0.2, 0.25) is 0 Å². The average molecular weight is 348 g/mol. The van der Waals surface area contributed by atoms with Gasteiger partial charge in [0.15, 0.2) is 11.6 Å². The zero-order valence-corrected chi connectivity index (χ0v) is 14.1. The Labute approximate surface area is 146 Å². The van der Waals surface area contributed by atoms with Crippen LogP contribution < -0.4 is 5.73 Å². The molecule has 0 amide bonds. The van der Waals surface area contributed by atoms with Crippen molar-refractivity contribution in [1.29, 1.82) is 0 Å². The molecule has 2 atom stereocenters. The molecule has 0 saturated carbocycles. The Bertz CT molecular complexity index is 706. The molecule has 0 aliphatic carbocycles. The Morgan fingerprint density at radius 1 is 1.04 bits per heavy atom. The van der Waals surface area contributed by atoms with Gasteiger partial charge in [-0.1, -0.05) is 30.3 Å². The van der Waals surface area contributed by atoms with E-state index in [0.717, 1.165) is 32.1 Å². The Hall–Kier alpha value is -1.85. The maximum atomic E-state index is 13.7. The number of nitrogens with zero attached hydrogens (tertiary/aromatic N) is 1. The van der Waals surface area contributed by atoms with Crippen molar-refractivity contribution in [2.75, 3.05) is 19.6 Å². The molecule has 134 valence electrons. The van der Waals surface area contributed by atoms with E-state index in [9.17, 15) is 13.2 Å². The smallest absolute Gasteiger partial charge is 0.161 e. The Balaban J connectivity index is 1.48. The summed E-state index contributed by atoms with van der Waals surface area (Å²) in [7, 11) is 0. The van der Waals surface area contributed by atoms with Crippen LogP contribution in [0.5, 0.6) is 0 Å². The molecule has 5 heteroatoms. The molecule has 0 bridgehead atoms. The molecule has 2 nitrogen and oxygen atoms in total. The van der Waals surface area contributed by atoms with Gasteiger partial charge in [0.2, 0.25) is 0 Å². The van der Waals surface area contributed by atoms with E-state index in [1.54, 1.807) is 0 Å². The van der Waals surface area contributed by atoms with Crippen molar-refractivity contribution in [3.8, 4) is 0 Å². The van der Waals surface area contributed by atoms with Crippen molar-refractivity contribution >= 4 is 0 Å². The van der Waals surface area contributed by atoms with Gasteiger partial charge in [-0.2, -0.15) is 0 Å². The van der Waals surface area contributed by atoms with Crippen molar-refractivity contribution in [2.24, 2.45) is 5.73 Å². The van der Waals surface area contributed by atoms with Gasteiger partial charge in [0, 0.05) is 18.7 Å². The van der Waals surface area contributed by atoms with E-state index in [1.807, 2.05) is 6.07 Å². The Kier molecular flexibility index (Phi) is 5.76. The standard InChI is InChI=1S/C20H23F3N2/c21-18-12-20(23)19(22)11-16(18)10-17(24)7-9-25-8-6-15(13-25)14-4-2-1-3-5-14/h1-5,11-12,15,17H,6-10,13,24H2/t15?,17-/m0/s1. The highest BCUT2D eigenvalue weighted by Crippen LogP contribution is 2.27. The fourth-order valence-electron chi connectivity index (χ4n) is 3.49. The summed E-state index contributed by atoms with van der Waals surface area (Å²) in [4.78, 5) is 2.36. The van der Waals surface area contributed by atoms with Gasteiger partial charge in [0.1, 0.15) is 5.82 Å². The van der Waals surface area contributed by atoms with E-state index in [2.05, 4.69) is 29.2 Å². The molecule has 2 aromatic rings. The lowest BCUT2D eigenvalue weighted by atomic mass is 9.99. The van der Waals surface area contributed by atoms with Crippen LogP contribution in [-0.2, 0) is 6.42 Å². The summed E-state index contributed by atoms with van der Waals surface area (Å²) in [6.45, 7) is 2.85. The van der Waals surface area contributed by atoms with Crippen LogP contribution in [0.1, 0.15) is 29.9 Å². The topological polar surface area (TPSA) is 29.3 Å². The van der Waals surface area contributed by atoms with Crippen molar-refractivity contribution in [3.63, 3.8) is 0 Å². The summed E-state index contributed by atoms with van der Waals surface area (Å²) >= 11 is 0. The number of hydrogen-bond donors (Lipinski definition) is 1. The molecule has 1 aliphatic rings. The Morgan fingerprint density at radius 3 is 2.52 bits per heavy atom. The van der Waals surface area contributed by atoms with E-state index >= 15 is 0 Å². The predicted molar refractivity (Wildman–Crippen MR) is 92.9 cm³/mol. The van der Waals surface area contributed by atoms with Crippen LogP contribution in [0.3, 0.4) is 0 Å². The second kappa shape index (κ2) is 8.02. The molecule has 1 fully saturated rings. The normalized spacial score (nSPS) is 19.3. The van der Waals surface area contributed by atoms with Crippen LogP contribution in [0.25, 0.3) is 0 Å². The molecular weight excluding hydrogens is 325 g/mol. The fourth-order valence-corrected chi connectivity index (χ4v) is 3.49. The lowest BCUT2D eigenvalue weighted by Crippen LogP contribution is -2.31. The molecule has 1 unspecified atom stereocenters. The van der Waals surface area contributed by atoms with Gasteiger partial charge in [-0.05, 0) is 55.5 Å². The van der Waals surface area contributed by atoms with Crippen molar-refractivity contribution in [2.45, 2.75) is 31.2 Å². The van der Waals surface area contributed by atoms with Gasteiger partial charge in [0.25, 0.3) is 0 Å². The second-order valence-electron chi connectivity index (χ2n) is 6.81. The SMILES string of the molecule is N[C@@H](CCN1CCC(c2ccccc2)C1)Cc1cc(F)c(F)cc1F. The van der Waals surface area contributed by atoms with Crippen molar-refractivity contribution < 1.29 is 13.2 Å². The summed E-state index contributed by atoms with van der Waals surface area (Å²) in [5.74, 6) is -2.39. The minimum absolute atomic E-state index is 0.134. The minimum Gasteiger partial charge on any atom is -0.327 e. The van der Waals surface area contributed by atoms with Gasteiger partial charge < -0.3 is 10.6 Å². The van der Waals surface area contributed by atoms with Gasteiger partial charge >= 0.3 is 0 Å². The third-order valence-electron chi connectivity index (χ3n) is 4.93. The number of hydrogen-bond acceptors (Lipinski definition) is 2. The van der Waals surface area contributed by atoms with Crippen molar-refractivity contribution in [1.82, 2.24) is 4.90 Å². The van der Waals surface area contributed by atoms with E-state index in [0.29, 0.717) is 18.4 Å². The Morgan fingerprint density at radius 2 is 1.76 bits per heavy atom. The highest BCUT2D eigenvalue weighted by molar-refractivity contribution is 5.22. The molecule has 0 aromatic heterocycles. The summed E-state index contributed by atoms with van der Waals surface area (Å²) in [6.07, 6.45) is 2.02. The van der Waals surface area contributed by atoms with Crippen LogP contribution in [0.4, 0.5) is 13.2 Å². The fraction of sp³-hybridized carbons (Fsp3) is 0.400. The van der Waals surface area contributed by atoms with Crippen LogP contribution in [0, 0.1) is 17.5 Å². The van der Waals surface area contributed by atoms with Crippen LogP contribution in [-0.4, -0.2) is 30.6 Å². The molecule has 1 heterocycles. The first-order chi connectivity index (χ1) is 12.0. The predicted octanol–water partition coefficient (Wildman–Crippen LogP) is 3.85. The lowest BCUT2D eigenvalue weighted by molar-refractivity contribution is 0.316. The number of nitrogens with two attached hydrogens (primary N) is 1.